The zero-order valence-corrected chi connectivity index (χ0v) is 24.4. The van der Waals surface area contributed by atoms with Crippen LogP contribution in [-0.2, 0) is 27.4 Å². The molecule has 0 aliphatic carbocycles. The fraction of sp³-hybridized carbons (Fsp3) is 0.353. The Balaban J connectivity index is 1.17. The number of likely N-dealkylation sites (tertiary alicyclic amines) is 1. The van der Waals surface area contributed by atoms with Gasteiger partial charge in [0.15, 0.2) is 5.78 Å². The number of carbonyl (C=O) groups excluding carboxylic acids is 3. The van der Waals surface area contributed by atoms with Crippen LogP contribution in [0.25, 0.3) is 0 Å². The van der Waals surface area contributed by atoms with Crippen molar-refractivity contribution in [2.75, 3.05) is 20.2 Å². The molecule has 2 N–H and O–H groups in total. The minimum absolute atomic E-state index is 0.0560. The second kappa shape index (κ2) is 15.5. The van der Waals surface area contributed by atoms with Crippen LogP contribution in [0.15, 0.2) is 78.9 Å². The SMILES string of the molecule is COc1ccc(C(=O)CCC(=O)N2CCC(CC(=O)N[C@@H](Cc3ccc(OCc4ccccc4)cc3)C(=O)O)CC2)cc1. The number of ketones is 1. The number of amides is 2. The number of Topliss-reactive ketones (excluding diaryl/α,β-unsaturated/α-hetero) is 1. The molecule has 9 nitrogen and oxygen atoms in total. The highest BCUT2D eigenvalue weighted by atomic mass is 16.5. The van der Waals surface area contributed by atoms with E-state index >= 15 is 0 Å². The van der Waals surface area contributed by atoms with E-state index in [0.717, 1.165) is 11.1 Å². The van der Waals surface area contributed by atoms with E-state index < -0.39 is 12.0 Å². The number of hydrogen-bond acceptors (Lipinski definition) is 6. The van der Waals surface area contributed by atoms with Gasteiger partial charge in [-0.3, -0.25) is 14.4 Å². The lowest BCUT2D eigenvalue weighted by molar-refractivity contribution is -0.142. The van der Waals surface area contributed by atoms with Gasteiger partial charge in [0.1, 0.15) is 24.1 Å². The molecule has 0 bridgehead atoms. The summed E-state index contributed by atoms with van der Waals surface area (Å²) in [5.41, 5.74) is 2.37. The van der Waals surface area contributed by atoms with Crippen molar-refractivity contribution in [2.45, 2.75) is 51.2 Å². The Morgan fingerprint density at radius 2 is 1.51 bits per heavy atom. The van der Waals surface area contributed by atoms with Gasteiger partial charge >= 0.3 is 5.97 Å². The van der Waals surface area contributed by atoms with Gasteiger partial charge in [0, 0.05) is 44.3 Å². The summed E-state index contributed by atoms with van der Waals surface area (Å²) in [6, 6.07) is 22.8. The van der Waals surface area contributed by atoms with Crippen molar-refractivity contribution in [3.05, 3.63) is 95.6 Å². The van der Waals surface area contributed by atoms with Crippen LogP contribution in [-0.4, -0.2) is 59.8 Å². The molecule has 0 spiro atoms. The van der Waals surface area contributed by atoms with Crippen LogP contribution >= 0.6 is 0 Å². The maximum atomic E-state index is 12.7. The summed E-state index contributed by atoms with van der Waals surface area (Å²) in [6.07, 6.45) is 1.92. The van der Waals surface area contributed by atoms with Crippen LogP contribution in [0.3, 0.4) is 0 Å². The molecule has 0 unspecified atom stereocenters. The van der Waals surface area contributed by atoms with Crippen molar-refractivity contribution in [1.82, 2.24) is 10.2 Å². The van der Waals surface area contributed by atoms with Crippen molar-refractivity contribution < 1.29 is 33.8 Å². The lowest BCUT2D eigenvalue weighted by Crippen LogP contribution is -2.44. The van der Waals surface area contributed by atoms with Gasteiger partial charge in [0.25, 0.3) is 0 Å². The molecule has 1 atom stereocenters. The summed E-state index contributed by atoms with van der Waals surface area (Å²) in [4.78, 5) is 51.5. The maximum Gasteiger partial charge on any atom is 0.326 e. The molecule has 0 radical (unpaired) electrons. The molecule has 1 fully saturated rings. The number of carboxylic acid groups (broad SMARTS) is 1. The van der Waals surface area contributed by atoms with Gasteiger partial charge < -0.3 is 24.8 Å². The highest BCUT2D eigenvalue weighted by molar-refractivity contribution is 5.98. The second-order valence-electron chi connectivity index (χ2n) is 10.8. The average molecular weight is 587 g/mol. The molecule has 0 saturated carbocycles. The average Bonchev–Trinajstić information content (AvgIpc) is 3.03. The molecule has 0 aromatic heterocycles. The number of ether oxygens (including phenoxy) is 2. The molecule has 226 valence electrons. The van der Waals surface area contributed by atoms with E-state index in [1.54, 1.807) is 60.5 Å². The minimum atomic E-state index is -1.10. The topological polar surface area (TPSA) is 122 Å². The Bertz CT molecular complexity index is 1370. The summed E-state index contributed by atoms with van der Waals surface area (Å²) in [6.45, 7) is 1.45. The van der Waals surface area contributed by atoms with E-state index in [0.29, 0.717) is 49.6 Å². The summed E-state index contributed by atoms with van der Waals surface area (Å²) >= 11 is 0. The number of aliphatic carboxylic acids is 1. The summed E-state index contributed by atoms with van der Waals surface area (Å²) in [5.74, 6) is -0.182. The molecular weight excluding hydrogens is 548 g/mol. The van der Waals surface area contributed by atoms with Gasteiger partial charge in [-0.25, -0.2) is 4.79 Å². The van der Waals surface area contributed by atoms with Crippen molar-refractivity contribution in [2.24, 2.45) is 5.92 Å². The predicted molar refractivity (Wildman–Crippen MR) is 161 cm³/mol. The molecule has 3 aromatic carbocycles. The number of rotatable bonds is 14. The number of piperidine rings is 1. The Morgan fingerprint density at radius 3 is 2.14 bits per heavy atom. The van der Waals surface area contributed by atoms with Crippen LogP contribution in [0, 0.1) is 5.92 Å². The van der Waals surface area contributed by atoms with Crippen molar-refractivity contribution in [3.63, 3.8) is 0 Å². The molecule has 4 rings (SSSR count). The van der Waals surface area contributed by atoms with Crippen molar-refractivity contribution in [1.29, 1.82) is 0 Å². The van der Waals surface area contributed by atoms with Crippen LogP contribution < -0.4 is 14.8 Å². The molecule has 1 saturated heterocycles. The maximum absolute atomic E-state index is 12.7. The number of hydrogen-bond donors (Lipinski definition) is 2. The normalized spacial score (nSPS) is 14.0. The van der Waals surface area contributed by atoms with Gasteiger partial charge in [-0.2, -0.15) is 0 Å². The van der Waals surface area contributed by atoms with Gasteiger partial charge in [-0.05, 0) is 66.3 Å². The van der Waals surface area contributed by atoms with E-state index in [1.807, 2.05) is 30.3 Å². The van der Waals surface area contributed by atoms with Crippen LogP contribution in [0.5, 0.6) is 11.5 Å². The van der Waals surface area contributed by atoms with E-state index in [2.05, 4.69) is 5.32 Å². The number of nitrogens with one attached hydrogen (secondary N) is 1. The number of methoxy groups -OCH3 is 1. The van der Waals surface area contributed by atoms with Gasteiger partial charge in [-0.1, -0.05) is 42.5 Å². The predicted octanol–water partition coefficient (Wildman–Crippen LogP) is 4.68. The van der Waals surface area contributed by atoms with E-state index in [4.69, 9.17) is 9.47 Å². The standard InChI is InChI=1S/C34H38N2O7/c1-42-28-13-9-27(10-14-28)31(37)15-16-33(39)36-19-17-25(18-20-36)22-32(38)35-30(34(40)41)21-24-7-11-29(12-8-24)43-23-26-5-3-2-4-6-26/h2-14,25,30H,15-23H2,1H3,(H,35,38)(H,40,41)/t30-/m0/s1. The molecule has 3 aromatic rings. The molecule has 2 amide bonds. The Labute approximate surface area is 251 Å². The minimum Gasteiger partial charge on any atom is -0.497 e. The third-order valence-electron chi connectivity index (χ3n) is 7.66. The molecule has 1 aliphatic rings. The Hall–Kier alpha value is -4.66. The van der Waals surface area contributed by atoms with E-state index in [1.165, 1.54) is 0 Å². The fourth-order valence-electron chi connectivity index (χ4n) is 5.10. The number of benzene rings is 3. The molecule has 9 heteroatoms. The highest BCUT2D eigenvalue weighted by Crippen LogP contribution is 2.22. The molecular formula is C34H38N2O7. The zero-order valence-electron chi connectivity index (χ0n) is 24.4. The Kier molecular flexibility index (Phi) is 11.3. The first-order chi connectivity index (χ1) is 20.8. The second-order valence-corrected chi connectivity index (χ2v) is 10.8. The highest BCUT2D eigenvalue weighted by Gasteiger charge is 2.27. The third-order valence-corrected chi connectivity index (χ3v) is 7.66. The first-order valence-electron chi connectivity index (χ1n) is 14.5. The van der Waals surface area contributed by atoms with E-state index in [-0.39, 0.29) is 49.2 Å². The molecule has 1 heterocycles. The first kappa shape index (κ1) is 31.3. The third kappa shape index (κ3) is 9.70. The van der Waals surface area contributed by atoms with Gasteiger partial charge in [-0.15, -0.1) is 0 Å². The number of carbonyl (C=O) groups is 4. The number of nitrogens with zero attached hydrogens (tertiary/aromatic N) is 1. The summed E-state index contributed by atoms with van der Waals surface area (Å²) in [5, 5.41) is 12.4. The van der Waals surface area contributed by atoms with Crippen LogP contribution in [0.2, 0.25) is 0 Å². The summed E-state index contributed by atoms with van der Waals surface area (Å²) < 4.78 is 10.9. The first-order valence-corrected chi connectivity index (χ1v) is 14.5. The largest absolute Gasteiger partial charge is 0.497 e. The zero-order chi connectivity index (χ0) is 30.6. The van der Waals surface area contributed by atoms with Gasteiger partial charge in [0.05, 0.1) is 7.11 Å². The molecule has 1 aliphatic heterocycles. The van der Waals surface area contributed by atoms with E-state index in [9.17, 15) is 24.3 Å². The summed E-state index contributed by atoms with van der Waals surface area (Å²) in [7, 11) is 1.56. The number of carboxylic acids is 1. The van der Waals surface area contributed by atoms with Crippen molar-refractivity contribution in [3.8, 4) is 11.5 Å². The van der Waals surface area contributed by atoms with Gasteiger partial charge in [0.2, 0.25) is 11.8 Å². The lowest BCUT2D eigenvalue weighted by Gasteiger charge is -2.32. The lowest BCUT2D eigenvalue weighted by atomic mass is 9.92. The Morgan fingerprint density at radius 1 is 0.860 bits per heavy atom. The molecule has 43 heavy (non-hydrogen) atoms. The van der Waals surface area contributed by atoms with Crippen LogP contribution in [0.4, 0.5) is 0 Å². The fourth-order valence-corrected chi connectivity index (χ4v) is 5.10. The quantitative estimate of drug-likeness (QED) is 0.263. The van der Waals surface area contributed by atoms with Crippen molar-refractivity contribution >= 4 is 23.6 Å². The monoisotopic (exact) mass is 586 g/mol. The smallest absolute Gasteiger partial charge is 0.326 e. The van der Waals surface area contributed by atoms with Crippen LogP contribution in [0.1, 0.15) is 53.6 Å².